The topological polar surface area (TPSA) is 66.7 Å². The maximum absolute atomic E-state index is 5.43. The summed E-state index contributed by atoms with van der Waals surface area (Å²) in [5.41, 5.74) is 24.4. The van der Waals surface area contributed by atoms with Gasteiger partial charge in [-0.1, -0.05) is 215 Å². The van der Waals surface area contributed by atoms with Crippen LogP contribution in [0.2, 0.25) is 0 Å². The van der Waals surface area contributed by atoms with Crippen molar-refractivity contribution in [2.45, 2.75) is 6.42 Å². The zero-order valence-electron chi connectivity index (χ0n) is 57.4. The van der Waals surface area contributed by atoms with Gasteiger partial charge in [0.25, 0.3) is 0 Å². The number of rotatable bonds is 19. The van der Waals surface area contributed by atoms with Crippen LogP contribution in [0, 0.1) is 0 Å². The second kappa shape index (κ2) is 38.3. The van der Waals surface area contributed by atoms with Crippen molar-refractivity contribution in [1.29, 1.82) is 0 Å². The molecular weight excluding hydrogens is 1380 g/mol. The highest BCUT2D eigenvalue weighted by atomic mass is 79.9. The molecule has 14 aromatic carbocycles. The predicted octanol–water partition coefficient (Wildman–Crippen LogP) is 26.3. The van der Waals surface area contributed by atoms with Crippen LogP contribution in [-0.4, -0.2) is 21.3 Å². The monoisotopic (exact) mass is 1460 g/mol. The molecule has 2 N–H and O–H groups in total. The maximum Gasteiger partial charge on any atom is 0.119 e. The maximum atomic E-state index is 5.43. The summed E-state index contributed by atoms with van der Waals surface area (Å²) in [5, 5.41) is 0. The second-order valence-electron chi connectivity index (χ2n) is 23.1. The summed E-state index contributed by atoms with van der Waals surface area (Å²) < 4.78 is 17.7. The van der Waals surface area contributed by atoms with E-state index in [-0.39, 0.29) is 0 Å². The number of para-hydroxylation sites is 6. The molecule has 0 fully saturated rings. The van der Waals surface area contributed by atoms with Crippen LogP contribution >= 0.6 is 31.9 Å². The first-order chi connectivity index (χ1) is 50.1. The molecular formula is C92H81Br2N5O3. The molecule has 0 radical (unpaired) electrons. The summed E-state index contributed by atoms with van der Waals surface area (Å²) in [6.45, 7) is 7.53. The molecule has 0 spiro atoms. The summed E-state index contributed by atoms with van der Waals surface area (Å²) in [6.07, 6.45) is 4.59. The Labute approximate surface area is 618 Å². The minimum absolute atomic E-state index is 0.760. The highest BCUT2D eigenvalue weighted by Crippen LogP contribution is 2.41. The summed E-state index contributed by atoms with van der Waals surface area (Å²) in [6, 6.07) is 129. The molecule has 8 nitrogen and oxygen atoms in total. The fraction of sp³-hybridized carbons (Fsp3) is 0.0435. The van der Waals surface area contributed by atoms with Gasteiger partial charge in [0.1, 0.15) is 17.2 Å². The van der Waals surface area contributed by atoms with Crippen LogP contribution in [0.25, 0.3) is 12.2 Å². The van der Waals surface area contributed by atoms with Gasteiger partial charge in [0.2, 0.25) is 0 Å². The predicted molar refractivity (Wildman–Crippen MR) is 440 cm³/mol. The summed E-state index contributed by atoms with van der Waals surface area (Å²) in [7, 11) is 5.01. The van der Waals surface area contributed by atoms with Crippen molar-refractivity contribution in [3.8, 4) is 17.2 Å². The van der Waals surface area contributed by atoms with E-state index < -0.39 is 0 Å². The minimum Gasteiger partial charge on any atom is -0.497 e. The van der Waals surface area contributed by atoms with Gasteiger partial charge >= 0.3 is 0 Å². The Morgan fingerprint density at radius 2 is 0.441 bits per heavy atom. The molecule has 506 valence electrons. The molecule has 0 aliphatic heterocycles. The minimum atomic E-state index is 0.760. The number of ether oxygens (including phenoxy) is 3. The van der Waals surface area contributed by atoms with Gasteiger partial charge in [-0.05, 0) is 247 Å². The highest BCUT2D eigenvalue weighted by Gasteiger charge is 2.18. The van der Waals surface area contributed by atoms with E-state index >= 15 is 0 Å². The number of nitrogens with two attached hydrogens (primary N) is 1. The lowest BCUT2D eigenvalue weighted by Gasteiger charge is -2.28. The molecule has 0 bridgehead atoms. The van der Waals surface area contributed by atoms with E-state index in [4.69, 9.17) is 19.9 Å². The van der Waals surface area contributed by atoms with Crippen molar-refractivity contribution >= 4 is 118 Å². The van der Waals surface area contributed by atoms with E-state index in [1.165, 1.54) is 11.1 Å². The van der Waals surface area contributed by atoms with Gasteiger partial charge in [-0.3, -0.25) is 0 Å². The number of nitrogen functional groups attached to an aromatic ring is 1. The smallest absolute Gasteiger partial charge is 0.119 e. The Bertz CT molecular complexity index is 4600. The third kappa shape index (κ3) is 21.0. The number of hydrogen-bond acceptors (Lipinski definition) is 8. The first-order valence-electron chi connectivity index (χ1n) is 33.3. The summed E-state index contributed by atoms with van der Waals surface area (Å²) >= 11 is 6.83. The number of benzene rings is 14. The van der Waals surface area contributed by atoms with Crippen molar-refractivity contribution in [3.05, 3.63) is 420 Å². The van der Waals surface area contributed by atoms with Crippen LogP contribution in [0.15, 0.2) is 398 Å². The fourth-order valence-electron chi connectivity index (χ4n) is 11.0. The Morgan fingerprint density at radius 3 is 0.706 bits per heavy atom. The number of anilines is 13. The first-order valence-corrected chi connectivity index (χ1v) is 34.9. The molecule has 0 aliphatic carbocycles. The lowest BCUT2D eigenvalue weighted by molar-refractivity contribution is 0.414. The van der Waals surface area contributed by atoms with Gasteiger partial charge in [0.05, 0.1) is 21.3 Å². The van der Waals surface area contributed by atoms with Gasteiger partial charge < -0.3 is 39.5 Å². The van der Waals surface area contributed by atoms with E-state index in [9.17, 15) is 0 Å². The number of hydrogen-bond donors (Lipinski definition) is 1. The van der Waals surface area contributed by atoms with Crippen LogP contribution in [0.1, 0.15) is 22.3 Å². The van der Waals surface area contributed by atoms with Gasteiger partial charge in [-0.2, -0.15) is 0 Å². The molecule has 0 saturated carbocycles. The number of halogens is 2. The Hall–Kier alpha value is -12.1. The third-order valence-electron chi connectivity index (χ3n) is 16.2. The van der Waals surface area contributed by atoms with Gasteiger partial charge in [-0.15, -0.1) is 0 Å². The van der Waals surface area contributed by atoms with Gasteiger partial charge in [-0.25, -0.2) is 0 Å². The zero-order chi connectivity index (χ0) is 71.1. The number of nitrogens with zero attached hydrogens (tertiary/aromatic N) is 4. The SMILES string of the molecule is Brc1ccc(N(c2ccccc2)c2ccccc2)cc1.C=Cc1ccc(Br)cc1.C=Cc1ccc(N(c2ccc(OC)cc2)c2ccc(N(c3ccccc3)c3ccccc3)cc2)cc1.COc1ccc(Cc2ccc(N(c3ccccc3)c3ccccc3)cc2)cc1.COc1ccc(N)cc1. The van der Waals surface area contributed by atoms with Crippen LogP contribution in [0.4, 0.5) is 73.9 Å². The Balaban J connectivity index is 0.000000150. The van der Waals surface area contributed by atoms with E-state index in [2.05, 4.69) is 332 Å². The number of methoxy groups -OCH3 is 3. The quantitative estimate of drug-likeness (QED) is 0.0804. The molecule has 14 aromatic rings. The van der Waals surface area contributed by atoms with Gasteiger partial charge in [0.15, 0.2) is 0 Å². The van der Waals surface area contributed by atoms with Crippen LogP contribution in [-0.2, 0) is 6.42 Å². The van der Waals surface area contributed by atoms with Crippen molar-refractivity contribution in [3.63, 3.8) is 0 Å². The molecule has 10 heteroatoms. The van der Waals surface area contributed by atoms with E-state index in [0.717, 1.165) is 118 Å². The van der Waals surface area contributed by atoms with Crippen molar-refractivity contribution in [1.82, 2.24) is 0 Å². The molecule has 0 heterocycles. The molecule has 0 atom stereocenters. The van der Waals surface area contributed by atoms with Crippen molar-refractivity contribution in [2.24, 2.45) is 0 Å². The fourth-order valence-corrected chi connectivity index (χ4v) is 11.6. The normalized spacial score (nSPS) is 10.2. The van der Waals surface area contributed by atoms with Gasteiger partial charge in [0, 0.05) is 82.9 Å². The largest absolute Gasteiger partial charge is 0.497 e. The molecule has 0 saturated heterocycles. The average molecular weight is 1460 g/mol. The van der Waals surface area contributed by atoms with Crippen molar-refractivity contribution in [2.75, 3.05) is 46.7 Å². The van der Waals surface area contributed by atoms with Crippen LogP contribution in [0.5, 0.6) is 17.2 Å². The first kappa shape index (κ1) is 72.7. The van der Waals surface area contributed by atoms with E-state index in [0.29, 0.717) is 0 Å². The standard InChI is InChI=1S/C33H28N2O.C26H23NO.C18H14BrN.C8H7Br.C7H9NO/c1-3-26-14-16-29(17-15-26)35(32-22-24-33(36-2)25-23-32)31-20-18-30(19-21-31)34(27-10-6-4-7-11-27)28-12-8-5-9-13-28;1-28-26-18-14-22(15-19-26)20-21-12-16-25(17-13-21)27(23-8-4-2-5-9-23)24-10-6-3-7-11-24;19-15-11-13-18(14-12-15)20(16-7-3-1-4-8-16)17-9-5-2-6-10-17;1-2-7-3-5-8(9)6-4-7;1-9-7-4-2-6(8)3-5-7/h3-25H,1H2,2H3;2-19H,20H2,1H3;1-14H;2-6H,1H2;2-5H,8H2,1H3. The summed E-state index contributed by atoms with van der Waals surface area (Å²) in [5.74, 6) is 2.56. The molecule has 0 aromatic heterocycles. The molecule has 0 amide bonds. The van der Waals surface area contributed by atoms with E-state index in [1.54, 1.807) is 33.5 Å². The van der Waals surface area contributed by atoms with E-state index in [1.807, 2.05) is 109 Å². The lowest BCUT2D eigenvalue weighted by Crippen LogP contribution is -2.12. The second-order valence-corrected chi connectivity index (χ2v) is 24.9. The lowest BCUT2D eigenvalue weighted by atomic mass is 10.0. The highest BCUT2D eigenvalue weighted by molar-refractivity contribution is 9.10. The third-order valence-corrected chi connectivity index (χ3v) is 17.3. The molecule has 102 heavy (non-hydrogen) atoms. The molecule has 0 unspecified atom stereocenters. The Morgan fingerprint density at radius 1 is 0.255 bits per heavy atom. The summed E-state index contributed by atoms with van der Waals surface area (Å²) in [4.78, 5) is 9.02. The van der Waals surface area contributed by atoms with Crippen molar-refractivity contribution < 1.29 is 14.2 Å². The molecule has 14 rings (SSSR count). The molecule has 0 aliphatic rings. The van der Waals surface area contributed by atoms with Crippen LogP contribution in [0.3, 0.4) is 0 Å². The van der Waals surface area contributed by atoms with Crippen LogP contribution < -0.4 is 39.5 Å². The zero-order valence-corrected chi connectivity index (χ0v) is 60.6. The average Bonchev–Trinajstić information content (AvgIpc) is 0.806. The Kier molecular flexibility index (Phi) is 27.3.